The second-order valence-electron chi connectivity index (χ2n) is 6.43. The number of hydrogen-bond acceptors (Lipinski definition) is 2. The Morgan fingerprint density at radius 1 is 1.35 bits per heavy atom. The molecule has 106 valence electrons. The third-order valence-electron chi connectivity index (χ3n) is 5.60. The Balaban J connectivity index is 1.95. The number of nitrogens with zero attached hydrogens (tertiary/aromatic N) is 1. The van der Waals surface area contributed by atoms with Gasteiger partial charge in [0.1, 0.15) is 0 Å². The van der Waals surface area contributed by atoms with Crippen LogP contribution in [0.15, 0.2) is 24.3 Å². The molecule has 2 N–H and O–H groups in total. The quantitative estimate of drug-likeness (QED) is 0.836. The summed E-state index contributed by atoms with van der Waals surface area (Å²) in [5.41, 5.74) is 4.03. The number of H-pyrrole nitrogens is 1. The van der Waals surface area contributed by atoms with E-state index in [2.05, 4.69) is 41.1 Å². The molecule has 3 heteroatoms. The zero-order valence-electron chi connectivity index (χ0n) is 12.0. The fourth-order valence-corrected chi connectivity index (χ4v) is 4.41. The molecule has 4 rings (SSSR count). The Bertz CT molecular complexity index is 647. The molecule has 0 saturated carbocycles. The number of rotatable bonds is 1. The molecule has 2 aliphatic rings. The van der Waals surface area contributed by atoms with E-state index in [1.54, 1.807) is 0 Å². The fourth-order valence-electron chi connectivity index (χ4n) is 4.41. The van der Waals surface area contributed by atoms with E-state index in [-0.39, 0.29) is 12.1 Å². The Labute approximate surface area is 119 Å². The zero-order valence-corrected chi connectivity index (χ0v) is 12.0. The molecule has 1 saturated heterocycles. The van der Waals surface area contributed by atoms with E-state index < -0.39 is 0 Å². The average Bonchev–Trinajstić information content (AvgIpc) is 2.86. The van der Waals surface area contributed by atoms with E-state index in [9.17, 15) is 5.11 Å². The van der Waals surface area contributed by atoms with Gasteiger partial charge >= 0.3 is 0 Å². The van der Waals surface area contributed by atoms with Crippen LogP contribution in [0.1, 0.15) is 31.0 Å². The van der Waals surface area contributed by atoms with E-state index in [0.717, 1.165) is 25.9 Å². The average molecular weight is 270 g/mol. The van der Waals surface area contributed by atoms with Crippen LogP contribution in [0.4, 0.5) is 0 Å². The summed E-state index contributed by atoms with van der Waals surface area (Å²) in [6.07, 6.45) is 3.45. The summed E-state index contributed by atoms with van der Waals surface area (Å²) >= 11 is 0. The van der Waals surface area contributed by atoms with Crippen molar-refractivity contribution in [3.8, 4) is 0 Å². The number of para-hydroxylation sites is 1. The Morgan fingerprint density at radius 2 is 2.20 bits per heavy atom. The number of fused-ring (bicyclic) bond motifs is 5. The lowest BCUT2D eigenvalue weighted by atomic mass is 9.72. The standard InChI is InChI=1S/C17H22N2O/c1-17-12(11-20)5-4-9-19(17)10-8-14-13-6-2-3-7-15(13)18-16(14)17/h2-3,6-7,12,18,20H,4-5,8-11H2,1H3/t12-,17-/m1/s1. The summed E-state index contributed by atoms with van der Waals surface area (Å²) in [7, 11) is 0. The first-order valence-corrected chi connectivity index (χ1v) is 7.71. The molecule has 2 atom stereocenters. The maximum absolute atomic E-state index is 9.86. The minimum Gasteiger partial charge on any atom is -0.396 e. The van der Waals surface area contributed by atoms with Gasteiger partial charge in [0, 0.05) is 35.7 Å². The highest BCUT2D eigenvalue weighted by Crippen LogP contribution is 2.46. The number of aromatic nitrogens is 1. The van der Waals surface area contributed by atoms with Gasteiger partial charge in [-0.05, 0) is 44.4 Å². The molecule has 3 nitrogen and oxygen atoms in total. The van der Waals surface area contributed by atoms with Gasteiger partial charge < -0.3 is 10.1 Å². The van der Waals surface area contributed by atoms with Crippen molar-refractivity contribution in [2.24, 2.45) is 5.92 Å². The van der Waals surface area contributed by atoms with Crippen molar-refractivity contribution in [3.63, 3.8) is 0 Å². The third-order valence-corrected chi connectivity index (χ3v) is 5.60. The van der Waals surface area contributed by atoms with E-state index in [4.69, 9.17) is 0 Å². The highest BCUT2D eigenvalue weighted by atomic mass is 16.3. The van der Waals surface area contributed by atoms with Crippen LogP contribution in [0.2, 0.25) is 0 Å². The molecule has 0 unspecified atom stereocenters. The Kier molecular flexibility index (Phi) is 2.69. The largest absolute Gasteiger partial charge is 0.396 e. The van der Waals surface area contributed by atoms with Crippen LogP contribution in [0, 0.1) is 5.92 Å². The summed E-state index contributed by atoms with van der Waals surface area (Å²) < 4.78 is 0. The minimum atomic E-state index is -0.0282. The van der Waals surface area contributed by atoms with E-state index >= 15 is 0 Å². The van der Waals surface area contributed by atoms with Crippen molar-refractivity contribution in [2.45, 2.75) is 31.7 Å². The molecule has 1 aromatic heterocycles. The maximum atomic E-state index is 9.86. The van der Waals surface area contributed by atoms with Crippen molar-refractivity contribution in [2.75, 3.05) is 19.7 Å². The van der Waals surface area contributed by atoms with Crippen LogP contribution in [0.5, 0.6) is 0 Å². The van der Waals surface area contributed by atoms with Gasteiger partial charge in [-0.2, -0.15) is 0 Å². The Hall–Kier alpha value is -1.32. The number of aliphatic hydroxyl groups is 1. The molecule has 0 amide bonds. The number of hydrogen-bond donors (Lipinski definition) is 2. The molecule has 0 spiro atoms. The lowest BCUT2D eigenvalue weighted by Gasteiger charge is -2.52. The molecule has 2 aromatic rings. The van der Waals surface area contributed by atoms with Crippen LogP contribution in [-0.4, -0.2) is 34.7 Å². The summed E-state index contributed by atoms with van der Waals surface area (Å²) in [5.74, 6) is 0.336. The molecule has 20 heavy (non-hydrogen) atoms. The summed E-state index contributed by atoms with van der Waals surface area (Å²) in [6, 6.07) is 8.60. The number of benzene rings is 1. The first-order chi connectivity index (χ1) is 9.75. The van der Waals surface area contributed by atoms with Crippen LogP contribution in [0.3, 0.4) is 0 Å². The van der Waals surface area contributed by atoms with Gasteiger partial charge in [0.05, 0.1) is 5.54 Å². The lowest BCUT2D eigenvalue weighted by molar-refractivity contribution is -0.0303. The van der Waals surface area contributed by atoms with Gasteiger partial charge in [-0.3, -0.25) is 4.90 Å². The summed E-state index contributed by atoms with van der Waals surface area (Å²) in [6.45, 7) is 4.87. The van der Waals surface area contributed by atoms with Gasteiger partial charge in [-0.15, -0.1) is 0 Å². The van der Waals surface area contributed by atoms with Gasteiger partial charge in [0.2, 0.25) is 0 Å². The predicted octanol–water partition coefficient (Wildman–Crippen LogP) is 2.64. The monoisotopic (exact) mass is 270 g/mol. The van der Waals surface area contributed by atoms with Crippen molar-refractivity contribution >= 4 is 10.9 Å². The number of nitrogens with one attached hydrogen (secondary N) is 1. The first-order valence-electron chi connectivity index (χ1n) is 7.71. The fraction of sp³-hybridized carbons (Fsp3) is 0.529. The minimum absolute atomic E-state index is 0.0282. The molecule has 2 aliphatic heterocycles. The topological polar surface area (TPSA) is 39.3 Å². The van der Waals surface area contributed by atoms with Crippen LogP contribution in [0.25, 0.3) is 10.9 Å². The normalized spacial score (nSPS) is 30.2. The summed E-state index contributed by atoms with van der Waals surface area (Å²) in [4.78, 5) is 6.25. The molecule has 0 aliphatic carbocycles. The van der Waals surface area contributed by atoms with Gasteiger partial charge in [-0.1, -0.05) is 18.2 Å². The first kappa shape index (κ1) is 12.4. The lowest BCUT2D eigenvalue weighted by Crippen LogP contribution is -2.57. The van der Waals surface area contributed by atoms with Crippen molar-refractivity contribution in [1.82, 2.24) is 9.88 Å². The molecular weight excluding hydrogens is 248 g/mol. The number of aliphatic hydroxyl groups excluding tert-OH is 1. The smallest absolute Gasteiger partial charge is 0.0636 e. The number of piperidine rings is 1. The second-order valence-corrected chi connectivity index (χ2v) is 6.43. The second kappa shape index (κ2) is 4.34. The predicted molar refractivity (Wildman–Crippen MR) is 80.7 cm³/mol. The molecular formula is C17H22N2O. The van der Waals surface area contributed by atoms with Crippen LogP contribution < -0.4 is 0 Å². The SMILES string of the molecule is C[C@@]12c3[nH]c4ccccc4c3CCN1CCC[C@@H]2CO. The molecule has 3 heterocycles. The van der Waals surface area contributed by atoms with Gasteiger partial charge in [-0.25, -0.2) is 0 Å². The highest BCUT2D eigenvalue weighted by molar-refractivity contribution is 5.85. The summed E-state index contributed by atoms with van der Waals surface area (Å²) in [5, 5.41) is 11.2. The van der Waals surface area contributed by atoms with E-state index in [1.807, 2.05) is 0 Å². The zero-order chi connectivity index (χ0) is 13.7. The van der Waals surface area contributed by atoms with Crippen LogP contribution >= 0.6 is 0 Å². The van der Waals surface area contributed by atoms with Crippen molar-refractivity contribution in [3.05, 3.63) is 35.5 Å². The van der Waals surface area contributed by atoms with Crippen LogP contribution in [-0.2, 0) is 12.0 Å². The molecule has 1 aromatic carbocycles. The molecule has 0 bridgehead atoms. The third kappa shape index (κ3) is 1.48. The maximum Gasteiger partial charge on any atom is 0.0636 e. The Morgan fingerprint density at radius 3 is 3.05 bits per heavy atom. The van der Waals surface area contributed by atoms with Crippen molar-refractivity contribution in [1.29, 1.82) is 0 Å². The highest BCUT2D eigenvalue weighted by Gasteiger charge is 2.47. The van der Waals surface area contributed by atoms with E-state index in [0.29, 0.717) is 5.92 Å². The van der Waals surface area contributed by atoms with Gasteiger partial charge in [0.25, 0.3) is 0 Å². The molecule has 0 radical (unpaired) electrons. The van der Waals surface area contributed by atoms with Gasteiger partial charge in [0.15, 0.2) is 0 Å². The number of aromatic amines is 1. The molecule has 1 fully saturated rings. The van der Waals surface area contributed by atoms with E-state index in [1.165, 1.54) is 28.6 Å². The van der Waals surface area contributed by atoms with Crippen molar-refractivity contribution < 1.29 is 5.11 Å².